The molecule has 3 aromatic rings. The lowest BCUT2D eigenvalue weighted by Gasteiger charge is -2.14. The molecule has 0 unspecified atom stereocenters. The Morgan fingerprint density at radius 2 is 2.00 bits per heavy atom. The molecule has 0 saturated carbocycles. The lowest BCUT2D eigenvalue weighted by Crippen LogP contribution is -2.24. The van der Waals surface area contributed by atoms with Gasteiger partial charge in [-0.15, -0.1) is 11.3 Å². The minimum Gasteiger partial charge on any atom is -0.497 e. The fourth-order valence-electron chi connectivity index (χ4n) is 3.64. The molecule has 2 aromatic heterocycles. The number of aryl methyl sites for hydroxylation is 2. The second kappa shape index (κ2) is 7.70. The van der Waals surface area contributed by atoms with Crippen LogP contribution in [0.1, 0.15) is 29.7 Å². The van der Waals surface area contributed by atoms with Gasteiger partial charge in [-0.2, -0.15) is 0 Å². The number of aliphatic hydroxyl groups is 1. The van der Waals surface area contributed by atoms with Gasteiger partial charge in [-0.3, -0.25) is 4.79 Å². The number of methoxy groups -OCH3 is 1. The summed E-state index contributed by atoms with van der Waals surface area (Å²) < 4.78 is 6.83. The van der Waals surface area contributed by atoms with E-state index in [1.54, 1.807) is 23.0 Å². The first-order chi connectivity index (χ1) is 13.2. The van der Waals surface area contributed by atoms with Crippen molar-refractivity contribution in [1.82, 2.24) is 9.55 Å². The second-order valence-electron chi connectivity index (χ2n) is 6.67. The monoisotopic (exact) mass is 385 g/mol. The molecule has 0 saturated heterocycles. The van der Waals surface area contributed by atoms with E-state index in [4.69, 9.17) is 9.72 Å². The van der Waals surface area contributed by atoms with Crippen LogP contribution in [0.3, 0.4) is 0 Å². The van der Waals surface area contributed by atoms with Crippen molar-refractivity contribution in [3.8, 4) is 11.4 Å². The highest BCUT2D eigenvalue weighted by Gasteiger charge is 2.22. The van der Waals surface area contributed by atoms with Crippen LogP contribution in [0.5, 0.6) is 5.75 Å². The summed E-state index contributed by atoms with van der Waals surface area (Å²) in [5.41, 5.74) is 1.86. The molecule has 142 valence electrons. The average molecular weight is 385 g/mol. The number of hydrogen-bond acceptors (Lipinski definition) is 6. The van der Waals surface area contributed by atoms with Gasteiger partial charge < -0.3 is 15.2 Å². The number of nitrogens with zero attached hydrogens (tertiary/aromatic N) is 2. The highest BCUT2D eigenvalue weighted by Crippen LogP contribution is 2.34. The normalized spacial score (nSPS) is 14.0. The molecule has 27 heavy (non-hydrogen) atoms. The fourth-order valence-corrected chi connectivity index (χ4v) is 4.89. The third kappa shape index (κ3) is 3.33. The maximum absolute atomic E-state index is 13.5. The van der Waals surface area contributed by atoms with Crippen LogP contribution < -0.4 is 15.6 Å². The van der Waals surface area contributed by atoms with E-state index < -0.39 is 0 Å². The molecule has 2 N–H and O–H groups in total. The fraction of sp³-hybridized carbons (Fsp3) is 0.400. The molecular weight excluding hydrogens is 362 g/mol. The number of benzene rings is 1. The summed E-state index contributed by atoms with van der Waals surface area (Å²) in [5.74, 6) is 1.19. The third-order valence-corrected chi connectivity index (χ3v) is 6.15. The predicted octanol–water partition coefficient (Wildman–Crippen LogP) is 3.13. The number of ether oxygens (including phenoxy) is 1. The van der Waals surface area contributed by atoms with E-state index in [1.165, 1.54) is 23.3 Å². The van der Waals surface area contributed by atoms with Crippen LogP contribution in [0.2, 0.25) is 0 Å². The van der Waals surface area contributed by atoms with Gasteiger partial charge in [0, 0.05) is 11.4 Å². The Morgan fingerprint density at radius 1 is 1.22 bits per heavy atom. The van der Waals surface area contributed by atoms with Crippen LogP contribution in [-0.2, 0) is 12.8 Å². The smallest absolute Gasteiger partial charge is 0.268 e. The van der Waals surface area contributed by atoms with Gasteiger partial charge in [0.05, 0.1) is 24.8 Å². The van der Waals surface area contributed by atoms with Crippen LogP contribution >= 0.6 is 11.3 Å². The summed E-state index contributed by atoms with van der Waals surface area (Å²) in [5, 5.41) is 13.1. The van der Waals surface area contributed by atoms with Crippen molar-refractivity contribution in [1.29, 1.82) is 0 Å². The quantitative estimate of drug-likeness (QED) is 0.660. The molecule has 1 aromatic carbocycles. The van der Waals surface area contributed by atoms with Crippen LogP contribution in [0.4, 0.5) is 5.95 Å². The topological polar surface area (TPSA) is 76.4 Å². The molecule has 7 heteroatoms. The summed E-state index contributed by atoms with van der Waals surface area (Å²) >= 11 is 1.64. The Labute approximate surface area is 161 Å². The summed E-state index contributed by atoms with van der Waals surface area (Å²) in [6.07, 6.45) is 5.46. The van der Waals surface area contributed by atoms with Crippen LogP contribution in [0.15, 0.2) is 29.1 Å². The van der Waals surface area contributed by atoms with Gasteiger partial charge >= 0.3 is 0 Å². The maximum Gasteiger partial charge on any atom is 0.268 e. The number of aromatic nitrogens is 2. The zero-order valence-electron chi connectivity index (χ0n) is 15.3. The standard InChI is InChI=1S/C20H23N3O3S/c1-26-14-9-7-13(8-10-14)23-19(25)17-15-5-3-2-4-6-16(15)27-18(17)22-20(23)21-11-12-24/h7-10,24H,2-6,11-12H2,1H3,(H,21,22). The molecule has 0 amide bonds. The van der Waals surface area contributed by atoms with E-state index in [2.05, 4.69) is 5.32 Å². The Balaban J connectivity index is 1.94. The molecule has 0 bridgehead atoms. The van der Waals surface area contributed by atoms with Gasteiger partial charge in [0.15, 0.2) is 0 Å². The maximum atomic E-state index is 13.5. The highest BCUT2D eigenvalue weighted by molar-refractivity contribution is 7.18. The van der Waals surface area contributed by atoms with Crippen molar-refractivity contribution in [3.05, 3.63) is 45.1 Å². The molecule has 0 fully saturated rings. The number of rotatable bonds is 5. The van der Waals surface area contributed by atoms with Crippen LogP contribution in [0, 0.1) is 0 Å². The Hall–Kier alpha value is -2.38. The highest BCUT2D eigenvalue weighted by atomic mass is 32.1. The van der Waals surface area contributed by atoms with Crippen LogP contribution in [0.25, 0.3) is 15.9 Å². The average Bonchev–Trinajstić information content (AvgIpc) is 2.88. The van der Waals surface area contributed by atoms with Gasteiger partial charge in [0.1, 0.15) is 10.6 Å². The number of thiophene rings is 1. The van der Waals surface area contributed by atoms with Crippen molar-refractivity contribution in [2.75, 3.05) is 25.6 Å². The zero-order valence-corrected chi connectivity index (χ0v) is 16.1. The molecule has 0 atom stereocenters. The van der Waals surface area contributed by atoms with E-state index in [-0.39, 0.29) is 12.2 Å². The zero-order chi connectivity index (χ0) is 18.8. The number of aliphatic hydroxyl groups excluding tert-OH is 1. The van der Waals surface area contributed by atoms with E-state index in [0.29, 0.717) is 12.5 Å². The molecule has 1 aliphatic rings. The SMILES string of the molecule is COc1ccc(-n2c(NCCO)nc3sc4c(c3c2=O)CCCCC4)cc1. The minimum absolute atomic E-state index is 0.0303. The summed E-state index contributed by atoms with van der Waals surface area (Å²) in [7, 11) is 1.61. The lowest BCUT2D eigenvalue weighted by molar-refractivity contribution is 0.310. The van der Waals surface area contributed by atoms with E-state index in [0.717, 1.165) is 40.9 Å². The number of hydrogen-bond donors (Lipinski definition) is 2. The van der Waals surface area contributed by atoms with Crippen LogP contribution in [-0.4, -0.2) is 34.9 Å². The van der Waals surface area contributed by atoms with Gasteiger partial charge in [-0.25, -0.2) is 9.55 Å². The molecule has 0 aliphatic heterocycles. The minimum atomic E-state index is -0.0509. The largest absolute Gasteiger partial charge is 0.497 e. The third-order valence-electron chi connectivity index (χ3n) is 4.96. The second-order valence-corrected chi connectivity index (χ2v) is 7.75. The van der Waals surface area contributed by atoms with E-state index >= 15 is 0 Å². The molecule has 0 spiro atoms. The predicted molar refractivity (Wildman–Crippen MR) is 109 cm³/mol. The summed E-state index contributed by atoms with van der Waals surface area (Å²) in [6, 6.07) is 7.36. The first kappa shape index (κ1) is 18.0. The number of nitrogens with one attached hydrogen (secondary N) is 1. The molecule has 2 heterocycles. The van der Waals surface area contributed by atoms with Crippen molar-refractivity contribution < 1.29 is 9.84 Å². The molecule has 1 aliphatic carbocycles. The van der Waals surface area contributed by atoms with Crippen molar-refractivity contribution in [3.63, 3.8) is 0 Å². The van der Waals surface area contributed by atoms with Gasteiger partial charge in [0.25, 0.3) is 5.56 Å². The molecule has 0 radical (unpaired) electrons. The molecular formula is C20H23N3O3S. The Morgan fingerprint density at radius 3 is 2.74 bits per heavy atom. The van der Waals surface area contributed by atoms with E-state index in [9.17, 15) is 9.90 Å². The van der Waals surface area contributed by atoms with Gasteiger partial charge in [-0.05, 0) is 55.5 Å². The van der Waals surface area contributed by atoms with Gasteiger partial charge in [0.2, 0.25) is 5.95 Å². The summed E-state index contributed by atoms with van der Waals surface area (Å²) in [6.45, 7) is 0.302. The number of fused-ring (bicyclic) bond motifs is 3. The number of anilines is 1. The van der Waals surface area contributed by atoms with Crippen molar-refractivity contribution in [2.45, 2.75) is 32.1 Å². The Kier molecular flexibility index (Phi) is 5.13. The van der Waals surface area contributed by atoms with Crippen molar-refractivity contribution in [2.24, 2.45) is 0 Å². The summed E-state index contributed by atoms with van der Waals surface area (Å²) in [4.78, 5) is 20.4. The molecule has 4 rings (SSSR count). The van der Waals surface area contributed by atoms with Crippen molar-refractivity contribution >= 4 is 27.5 Å². The first-order valence-electron chi connectivity index (χ1n) is 9.29. The Bertz CT molecular complexity index is 1010. The lowest BCUT2D eigenvalue weighted by atomic mass is 10.1. The van der Waals surface area contributed by atoms with E-state index in [1.807, 2.05) is 24.3 Å². The molecule has 6 nitrogen and oxygen atoms in total. The van der Waals surface area contributed by atoms with Gasteiger partial charge in [-0.1, -0.05) is 6.42 Å². The first-order valence-corrected chi connectivity index (χ1v) is 10.1.